The first-order valence-corrected chi connectivity index (χ1v) is 8.98. The molecule has 0 saturated heterocycles. The Morgan fingerprint density at radius 1 is 1.15 bits per heavy atom. The van der Waals surface area contributed by atoms with E-state index in [1.54, 1.807) is 14.2 Å². The summed E-state index contributed by atoms with van der Waals surface area (Å²) in [6.45, 7) is 1.21. The average molecular weight is 391 g/mol. The lowest BCUT2D eigenvalue weighted by molar-refractivity contribution is -0.133. The van der Waals surface area contributed by atoms with Gasteiger partial charge in [0.1, 0.15) is 0 Å². The lowest BCUT2D eigenvalue weighted by Gasteiger charge is -2.38. The molecule has 0 radical (unpaired) electrons. The van der Waals surface area contributed by atoms with E-state index in [-0.39, 0.29) is 24.4 Å². The number of nitrogens with two attached hydrogens (primary N) is 1. The number of carbonyl (C=O) groups is 1. The van der Waals surface area contributed by atoms with E-state index in [9.17, 15) is 4.79 Å². The number of carbonyl (C=O) groups excluding carboxylic acids is 1. The summed E-state index contributed by atoms with van der Waals surface area (Å²) in [5, 5.41) is 0. The van der Waals surface area contributed by atoms with E-state index in [0.29, 0.717) is 31.7 Å². The minimum atomic E-state index is -0.120. The summed E-state index contributed by atoms with van der Waals surface area (Å²) in [5.74, 6) is 1.55. The number of hydrogen-bond donors (Lipinski definition) is 1. The van der Waals surface area contributed by atoms with E-state index in [4.69, 9.17) is 15.2 Å². The molecular weight excluding hydrogens is 364 g/mol. The first kappa shape index (κ1) is 21.1. The number of ether oxygens (including phenoxy) is 2. The predicted molar refractivity (Wildman–Crippen MR) is 109 cm³/mol. The van der Waals surface area contributed by atoms with Crippen molar-refractivity contribution in [3.8, 4) is 11.5 Å². The molecule has 6 heteroatoms. The van der Waals surface area contributed by atoms with Crippen molar-refractivity contribution in [1.82, 2.24) is 4.90 Å². The highest BCUT2D eigenvalue weighted by atomic mass is 35.5. The summed E-state index contributed by atoms with van der Waals surface area (Å²) in [4.78, 5) is 14.8. The summed E-state index contributed by atoms with van der Waals surface area (Å²) < 4.78 is 11.0. The van der Waals surface area contributed by atoms with E-state index in [2.05, 4.69) is 12.1 Å². The zero-order chi connectivity index (χ0) is 18.5. The van der Waals surface area contributed by atoms with Gasteiger partial charge in [-0.1, -0.05) is 30.3 Å². The third-order valence-electron chi connectivity index (χ3n) is 4.90. The fraction of sp³-hybridized carbons (Fsp3) is 0.381. The van der Waals surface area contributed by atoms with Gasteiger partial charge in [-0.25, -0.2) is 0 Å². The van der Waals surface area contributed by atoms with Gasteiger partial charge in [0.15, 0.2) is 11.5 Å². The molecule has 0 aromatic heterocycles. The maximum absolute atomic E-state index is 12.8. The van der Waals surface area contributed by atoms with Crippen LogP contribution in [0.5, 0.6) is 11.5 Å². The lowest BCUT2D eigenvalue weighted by Crippen LogP contribution is -2.40. The molecule has 0 bridgehead atoms. The topological polar surface area (TPSA) is 64.8 Å². The van der Waals surface area contributed by atoms with Crippen LogP contribution in [0.4, 0.5) is 0 Å². The van der Waals surface area contributed by atoms with Crippen LogP contribution in [-0.4, -0.2) is 38.1 Å². The van der Waals surface area contributed by atoms with Crippen molar-refractivity contribution in [2.45, 2.75) is 25.3 Å². The van der Waals surface area contributed by atoms with Gasteiger partial charge < -0.3 is 20.1 Å². The van der Waals surface area contributed by atoms with E-state index in [1.807, 2.05) is 35.2 Å². The molecule has 2 aromatic rings. The zero-order valence-electron chi connectivity index (χ0n) is 15.8. The third-order valence-corrected chi connectivity index (χ3v) is 4.90. The van der Waals surface area contributed by atoms with Gasteiger partial charge in [0.05, 0.1) is 20.3 Å². The van der Waals surface area contributed by atoms with Crippen LogP contribution in [0.2, 0.25) is 0 Å². The summed E-state index contributed by atoms with van der Waals surface area (Å²) in [6.07, 6.45) is 1.98. The molecule has 0 fully saturated rings. The molecule has 0 aliphatic carbocycles. The molecule has 0 spiro atoms. The Labute approximate surface area is 166 Å². The largest absolute Gasteiger partial charge is 0.493 e. The number of rotatable bonds is 6. The molecule has 1 aliphatic rings. The highest BCUT2D eigenvalue weighted by Crippen LogP contribution is 2.41. The first-order valence-electron chi connectivity index (χ1n) is 8.98. The summed E-state index contributed by atoms with van der Waals surface area (Å²) in [6, 6.07) is 14.1. The quantitative estimate of drug-likeness (QED) is 0.821. The normalized spacial score (nSPS) is 15.5. The maximum Gasteiger partial charge on any atom is 0.223 e. The van der Waals surface area contributed by atoms with Crippen molar-refractivity contribution in [3.05, 3.63) is 59.2 Å². The first-order chi connectivity index (χ1) is 12.7. The molecule has 146 valence electrons. The summed E-state index contributed by atoms with van der Waals surface area (Å²) >= 11 is 0. The number of benzene rings is 2. The number of halogens is 1. The average Bonchev–Trinajstić information content (AvgIpc) is 2.70. The van der Waals surface area contributed by atoms with Crippen LogP contribution in [0.3, 0.4) is 0 Å². The molecule has 1 amide bonds. The Kier molecular flexibility index (Phi) is 7.51. The Hall–Kier alpha value is -2.24. The molecule has 1 aliphatic heterocycles. The van der Waals surface area contributed by atoms with Gasteiger partial charge in [0, 0.05) is 13.0 Å². The number of hydrogen-bond acceptors (Lipinski definition) is 4. The molecule has 1 atom stereocenters. The second-order valence-electron chi connectivity index (χ2n) is 6.45. The van der Waals surface area contributed by atoms with Crippen LogP contribution < -0.4 is 15.2 Å². The SMILES string of the molecule is COc1cc2c(cc1OC)C(c1ccccc1)N(C(=O)CCCN)CC2.Cl. The predicted octanol–water partition coefficient (Wildman–Crippen LogP) is 3.34. The summed E-state index contributed by atoms with van der Waals surface area (Å²) in [7, 11) is 3.28. The fourth-order valence-corrected chi connectivity index (χ4v) is 3.61. The van der Waals surface area contributed by atoms with E-state index in [0.717, 1.165) is 23.3 Å². The van der Waals surface area contributed by atoms with Gasteiger partial charge in [-0.2, -0.15) is 0 Å². The van der Waals surface area contributed by atoms with Gasteiger partial charge in [-0.05, 0) is 48.2 Å². The second kappa shape index (κ2) is 9.62. The number of nitrogens with zero attached hydrogens (tertiary/aromatic N) is 1. The van der Waals surface area contributed by atoms with Crippen molar-refractivity contribution in [1.29, 1.82) is 0 Å². The molecule has 2 aromatic carbocycles. The number of fused-ring (bicyclic) bond motifs is 1. The monoisotopic (exact) mass is 390 g/mol. The molecular formula is C21H27ClN2O3. The minimum absolute atomic E-state index is 0. The van der Waals surface area contributed by atoms with Crippen LogP contribution >= 0.6 is 12.4 Å². The summed E-state index contributed by atoms with van der Waals surface area (Å²) in [5.41, 5.74) is 8.99. The van der Waals surface area contributed by atoms with Crippen molar-refractivity contribution < 1.29 is 14.3 Å². The van der Waals surface area contributed by atoms with Crippen molar-refractivity contribution >= 4 is 18.3 Å². The van der Waals surface area contributed by atoms with Crippen LogP contribution in [0, 0.1) is 0 Å². The smallest absolute Gasteiger partial charge is 0.223 e. The van der Waals surface area contributed by atoms with Crippen LogP contribution in [0.1, 0.15) is 35.6 Å². The maximum atomic E-state index is 12.8. The van der Waals surface area contributed by atoms with Gasteiger partial charge in [-0.3, -0.25) is 4.79 Å². The fourth-order valence-electron chi connectivity index (χ4n) is 3.61. The van der Waals surface area contributed by atoms with Gasteiger partial charge in [0.25, 0.3) is 0 Å². The Morgan fingerprint density at radius 3 is 2.44 bits per heavy atom. The van der Waals surface area contributed by atoms with Crippen LogP contribution in [-0.2, 0) is 11.2 Å². The molecule has 5 nitrogen and oxygen atoms in total. The van der Waals surface area contributed by atoms with Gasteiger partial charge >= 0.3 is 0 Å². The van der Waals surface area contributed by atoms with E-state index >= 15 is 0 Å². The molecule has 0 saturated carbocycles. The van der Waals surface area contributed by atoms with Gasteiger partial charge in [-0.15, -0.1) is 12.4 Å². The van der Waals surface area contributed by atoms with Gasteiger partial charge in [0.2, 0.25) is 5.91 Å². The van der Waals surface area contributed by atoms with E-state index in [1.165, 1.54) is 5.56 Å². The Balaban J connectivity index is 0.00000261. The standard InChI is InChI=1S/C21H26N2O3.ClH/c1-25-18-13-16-10-12-23(20(24)9-6-11-22)21(15-7-4-3-5-8-15)17(16)14-19(18)26-2;/h3-5,7-8,13-14,21H,6,9-12,22H2,1-2H3;1H. The minimum Gasteiger partial charge on any atom is -0.493 e. The molecule has 2 N–H and O–H groups in total. The highest BCUT2D eigenvalue weighted by Gasteiger charge is 2.32. The number of methoxy groups -OCH3 is 2. The number of amides is 1. The Morgan fingerprint density at radius 2 is 1.81 bits per heavy atom. The third kappa shape index (κ3) is 4.37. The Bertz CT molecular complexity index is 768. The lowest BCUT2D eigenvalue weighted by atomic mass is 9.87. The van der Waals surface area contributed by atoms with Crippen molar-refractivity contribution in [3.63, 3.8) is 0 Å². The zero-order valence-corrected chi connectivity index (χ0v) is 16.6. The highest BCUT2D eigenvalue weighted by molar-refractivity contribution is 5.85. The molecule has 1 heterocycles. The second-order valence-corrected chi connectivity index (χ2v) is 6.45. The van der Waals surface area contributed by atoms with Crippen molar-refractivity contribution in [2.75, 3.05) is 27.3 Å². The molecule has 27 heavy (non-hydrogen) atoms. The van der Waals surface area contributed by atoms with Crippen molar-refractivity contribution in [2.24, 2.45) is 5.73 Å². The van der Waals surface area contributed by atoms with Crippen LogP contribution in [0.15, 0.2) is 42.5 Å². The molecule has 3 rings (SSSR count). The molecule has 1 unspecified atom stereocenters. The van der Waals surface area contributed by atoms with E-state index < -0.39 is 0 Å². The van der Waals surface area contributed by atoms with Crippen LogP contribution in [0.25, 0.3) is 0 Å².